The van der Waals surface area contributed by atoms with Crippen LogP contribution in [0.25, 0.3) is 0 Å². The second-order valence-corrected chi connectivity index (χ2v) is 10.5. The maximum absolute atomic E-state index is 14.2. The molecule has 1 saturated heterocycles. The molecule has 1 N–H and O–H groups in total. The van der Waals surface area contributed by atoms with Gasteiger partial charge in [0.25, 0.3) is 5.91 Å². The third-order valence-electron chi connectivity index (χ3n) is 6.09. The van der Waals surface area contributed by atoms with Crippen LogP contribution in [0.4, 0.5) is 8.78 Å². The van der Waals surface area contributed by atoms with Gasteiger partial charge in [0.15, 0.2) is 0 Å². The standard InChI is InChI=1S/C22H26ClF2N3O3S/c1-3-14-32(30,31)28-12-9-22(10-13-28,18-6-4-5-11-26-18)15(2)27-21(29)19-16(24)7-8-17(25)20(19)23/h4-8,11,15H,3,9-10,12-14H2,1-2H3,(H,27,29)/t15-/m0/s1. The Morgan fingerprint density at radius 2 is 1.88 bits per heavy atom. The lowest BCUT2D eigenvalue weighted by Crippen LogP contribution is -2.55. The summed E-state index contributed by atoms with van der Waals surface area (Å²) in [5.41, 5.74) is -0.547. The van der Waals surface area contributed by atoms with Crippen LogP contribution in [-0.2, 0) is 15.4 Å². The Bertz CT molecular complexity index is 1080. The highest BCUT2D eigenvalue weighted by atomic mass is 35.5. The van der Waals surface area contributed by atoms with Gasteiger partial charge in [0.1, 0.15) is 11.6 Å². The van der Waals surface area contributed by atoms with Crippen molar-refractivity contribution in [2.75, 3.05) is 18.8 Å². The van der Waals surface area contributed by atoms with Crippen LogP contribution >= 0.6 is 11.6 Å². The van der Waals surface area contributed by atoms with Crippen molar-refractivity contribution in [1.29, 1.82) is 0 Å². The number of halogens is 3. The van der Waals surface area contributed by atoms with Crippen LogP contribution in [-0.4, -0.2) is 48.5 Å². The molecular formula is C22H26ClF2N3O3S. The summed E-state index contributed by atoms with van der Waals surface area (Å²) in [7, 11) is -3.36. The van der Waals surface area contributed by atoms with Crippen molar-refractivity contribution < 1.29 is 22.0 Å². The van der Waals surface area contributed by atoms with Gasteiger partial charge < -0.3 is 5.32 Å². The van der Waals surface area contributed by atoms with Crippen molar-refractivity contribution in [3.8, 4) is 0 Å². The van der Waals surface area contributed by atoms with E-state index < -0.39 is 49.6 Å². The van der Waals surface area contributed by atoms with Crippen molar-refractivity contribution in [3.05, 3.63) is 64.4 Å². The van der Waals surface area contributed by atoms with Gasteiger partial charge in [0.2, 0.25) is 10.0 Å². The topological polar surface area (TPSA) is 79.4 Å². The lowest BCUT2D eigenvalue weighted by atomic mass is 9.70. The highest BCUT2D eigenvalue weighted by Crippen LogP contribution is 2.39. The van der Waals surface area contributed by atoms with Gasteiger partial charge in [-0.1, -0.05) is 24.6 Å². The number of piperidine rings is 1. The Morgan fingerprint density at radius 3 is 2.47 bits per heavy atom. The van der Waals surface area contributed by atoms with Crippen molar-refractivity contribution in [1.82, 2.24) is 14.6 Å². The molecule has 1 aliphatic rings. The van der Waals surface area contributed by atoms with Gasteiger partial charge in [0.05, 0.1) is 16.3 Å². The molecule has 0 bridgehead atoms. The molecule has 0 saturated carbocycles. The van der Waals surface area contributed by atoms with Crippen LogP contribution in [0.2, 0.25) is 5.02 Å². The summed E-state index contributed by atoms with van der Waals surface area (Å²) in [6.07, 6.45) is 2.98. The smallest absolute Gasteiger partial charge is 0.256 e. The van der Waals surface area contributed by atoms with Gasteiger partial charge >= 0.3 is 0 Å². The summed E-state index contributed by atoms with van der Waals surface area (Å²) in [5.74, 6) is -2.57. The average molecular weight is 486 g/mol. The summed E-state index contributed by atoms with van der Waals surface area (Å²) >= 11 is 5.85. The highest BCUT2D eigenvalue weighted by molar-refractivity contribution is 7.89. The number of carbonyl (C=O) groups is 1. The van der Waals surface area contributed by atoms with Gasteiger partial charge in [-0.2, -0.15) is 0 Å². The van der Waals surface area contributed by atoms with E-state index >= 15 is 0 Å². The van der Waals surface area contributed by atoms with Crippen molar-refractivity contribution >= 4 is 27.5 Å². The van der Waals surface area contributed by atoms with E-state index in [0.29, 0.717) is 25.0 Å². The number of benzene rings is 1. The van der Waals surface area contributed by atoms with E-state index in [1.54, 1.807) is 19.2 Å². The molecule has 3 rings (SSSR count). The molecule has 174 valence electrons. The van der Waals surface area contributed by atoms with Crippen LogP contribution < -0.4 is 5.32 Å². The second-order valence-electron chi connectivity index (χ2n) is 8.00. The molecule has 2 heterocycles. The van der Waals surface area contributed by atoms with E-state index in [0.717, 1.165) is 12.1 Å². The molecule has 0 aliphatic carbocycles. The number of pyridine rings is 1. The second kappa shape index (κ2) is 9.80. The number of hydrogen-bond donors (Lipinski definition) is 1. The van der Waals surface area contributed by atoms with Crippen LogP contribution in [0.5, 0.6) is 0 Å². The third kappa shape index (κ3) is 4.79. The zero-order valence-electron chi connectivity index (χ0n) is 17.9. The first-order valence-corrected chi connectivity index (χ1v) is 12.4. The lowest BCUT2D eigenvalue weighted by molar-refractivity contribution is 0.0888. The van der Waals surface area contributed by atoms with Crippen molar-refractivity contribution in [3.63, 3.8) is 0 Å². The zero-order valence-corrected chi connectivity index (χ0v) is 19.5. The Kier molecular flexibility index (Phi) is 7.52. The zero-order chi connectivity index (χ0) is 23.5. The Balaban J connectivity index is 1.90. The average Bonchev–Trinajstić information content (AvgIpc) is 2.77. The molecule has 10 heteroatoms. The van der Waals surface area contributed by atoms with E-state index in [1.165, 1.54) is 4.31 Å². The minimum absolute atomic E-state index is 0.0766. The van der Waals surface area contributed by atoms with Crippen molar-refractivity contribution in [2.24, 2.45) is 0 Å². The van der Waals surface area contributed by atoms with E-state index in [-0.39, 0.29) is 18.8 Å². The predicted octanol–water partition coefficient (Wildman–Crippen LogP) is 3.91. The van der Waals surface area contributed by atoms with E-state index in [2.05, 4.69) is 10.3 Å². The molecule has 1 atom stereocenters. The van der Waals surface area contributed by atoms with E-state index in [9.17, 15) is 22.0 Å². The fourth-order valence-electron chi connectivity index (χ4n) is 4.26. The van der Waals surface area contributed by atoms with E-state index in [1.807, 2.05) is 19.1 Å². The van der Waals surface area contributed by atoms with Gasteiger partial charge in [-0.25, -0.2) is 21.5 Å². The van der Waals surface area contributed by atoms with Crippen LogP contribution in [0.15, 0.2) is 36.5 Å². The summed E-state index contributed by atoms with van der Waals surface area (Å²) in [5, 5.41) is 2.17. The highest BCUT2D eigenvalue weighted by Gasteiger charge is 2.44. The fourth-order valence-corrected chi connectivity index (χ4v) is 6.01. The Morgan fingerprint density at radius 1 is 1.22 bits per heavy atom. The van der Waals surface area contributed by atoms with Crippen LogP contribution in [0.1, 0.15) is 49.2 Å². The van der Waals surface area contributed by atoms with Gasteiger partial charge in [-0.3, -0.25) is 9.78 Å². The molecule has 2 aromatic rings. The Hall–Kier alpha value is -2.10. The number of nitrogens with one attached hydrogen (secondary N) is 1. The molecule has 6 nitrogen and oxygen atoms in total. The first kappa shape index (κ1) is 24.5. The number of carbonyl (C=O) groups excluding carboxylic acids is 1. The van der Waals surface area contributed by atoms with Gasteiger partial charge in [-0.15, -0.1) is 0 Å². The summed E-state index contributed by atoms with van der Waals surface area (Å²) in [4.78, 5) is 17.3. The largest absolute Gasteiger partial charge is 0.348 e. The number of rotatable bonds is 7. The van der Waals surface area contributed by atoms with Gasteiger partial charge in [-0.05, 0) is 50.5 Å². The molecule has 0 unspecified atom stereocenters. The number of nitrogens with zero attached hydrogens (tertiary/aromatic N) is 2. The summed E-state index contributed by atoms with van der Waals surface area (Å²) in [6.45, 7) is 4.12. The van der Waals surface area contributed by atoms with Crippen LogP contribution in [0, 0.1) is 11.6 Å². The minimum atomic E-state index is -3.36. The third-order valence-corrected chi connectivity index (χ3v) is 8.54. The molecule has 1 fully saturated rings. The molecule has 0 radical (unpaired) electrons. The predicted molar refractivity (Wildman–Crippen MR) is 119 cm³/mol. The number of amides is 1. The maximum atomic E-state index is 14.2. The molecule has 1 aromatic heterocycles. The first-order valence-electron chi connectivity index (χ1n) is 10.5. The minimum Gasteiger partial charge on any atom is -0.348 e. The summed E-state index contributed by atoms with van der Waals surface area (Å²) in [6, 6.07) is 6.57. The SMILES string of the molecule is CCCS(=O)(=O)N1CCC(c2ccccn2)([C@H](C)NC(=O)c2c(F)ccc(F)c2Cl)CC1. The molecular weight excluding hydrogens is 460 g/mol. The Labute approximate surface area is 192 Å². The normalized spacial score (nSPS) is 17.7. The summed E-state index contributed by atoms with van der Waals surface area (Å²) < 4.78 is 54.6. The number of hydrogen-bond acceptors (Lipinski definition) is 4. The quantitative estimate of drug-likeness (QED) is 0.603. The molecule has 1 amide bonds. The lowest BCUT2D eigenvalue weighted by Gasteiger charge is -2.45. The molecule has 0 spiro atoms. The number of sulfonamides is 1. The van der Waals surface area contributed by atoms with E-state index in [4.69, 9.17) is 11.6 Å². The molecule has 32 heavy (non-hydrogen) atoms. The van der Waals surface area contributed by atoms with Crippen LogP contribution in [0.3, 0.4) is 0 Å². The molecule has 1 aliphatic heterocycles. The molecule has 1 aromatic carbocycles. The number of aromatic nitrogens is 1. The van der Waals surface area contributed by atoms with Crippen molar-refractivity contribution in [2.45, 2.75) is 44.6 Å². The maximum Gasteiger partial charge on any atom is 0.256 e. The first-order chi connectivity index (χ1) is 15.1. The monoisotopic (exact) mass is 485 g/mol. The van der Waals surface area contributed by atoms with Gasteiger partial charge in [0, 0.05) is 36.4 Å². The fraction of sp³-hybridized carbons (Fsp3) is 0.455.